The third-order valence-corrected chi connectivity index (χ3v) is 2.61. The first-order valence-electron chi connectivity index (χ1n) is 5.42. The Balaban J connectivity index is 2.48. The number of nitro benzene ring substituents is 1. The molecule has 0 unspecified atom stereocenters. The van der Waals surface area contributed by atoms with E-state index in [-0.39, 0.29) is 22.6 Å². The lowest BCUT2D eigenvalue weighted by atomic mass is 10.0. The van der Waals surface area contributed by atoms with Crippen molar-refractivity contribution in [2.75, 3.05) is 0 Å². The molecule has 19 heavy (non-hydrogen) atoms. The van der Waals surface area contributed by atoms with Crippen LogP contribution in [0.5, 0.6) is 0 Å². The number of ketones is 1. The molecule has 0 saturated heterocycles. The highest BCUT2D eigenvalue weighted by atomic mass is 16.6. The lowest BCUT2D eigenvalue weighted by molar-refractivity contribution is -0.385. The number of carbonyl (C=O) groups is 1. The zero-order chi connectivity index (χ0) is 13.8. The molecule has 0 spiro atoms. The van der Waals surface area contributed by atoms with Gasteiger partial charge >= 0.3 is 0 Å². The fourth-order valence-corrected chi connectivity index (χ4v) is 1.67. The van der Waals surface area contributed by atoms with Crippen LogP contribution in [0, 0.1) is 21.4 Å². The molecule has 0 amide bonds. The van der Waals surface area contributed by atoms with Gasteiger partial charge in [-0.3, -0.25) is 14.9 Å². The third-order valence-electron chi connectivity index (χ3n) is 2.61. The molecule has 0 aliphatic rings. The second-order valence-electron chi connectivity index (χ2n) is 3.80. The van der Waals surface area contributed by atoms with Gasteiger partial charge < -0.3 is 0 Å². The van der Waals surface area contributed by atoms with Gasteiger partial charge in [0.15, 0.2) is 5.78 Å². The van der Waals surface area contributed by atoms with Crippen LogP contribution in [0.1, 0.15) is 21.5 Å². The highest BCUT2D eigenvalue weighted by molar-refractivity contribution is 6.09. The Kier molecular flexibility index (Phi) is 3.35. The predicted octanol–water partition coefficient (Wildman–Crippen LogP) is 2.70. The van der Waals surface area contributed by atoms with E-state index in [9.17, 15) is 14.9 Å². The Morgan fingerprint density at radius 1 is 1.11 bits per heavy atom. The van der Waals surface area contributed by atoms with Gasteiger partial charge in [-0.05, 0) is 12.1 Å². The van der Waals surface area contributed by atoms with Crippen LogP contribution in [-0.2, 0) is 0 Å². The summed E-state index contributed by atoms with van der Waals surface area (Å²) in [6.45, 7) is 0. The highest BCUT2D eigenvalue weighted by Crippen LogP contribution is 2.21. The normalized spacial score (nSPS) is 9.63. The van der Waals surface area contributed by atoms with Gasteiger partial charge in [0.05, 0.1) is 4.92 Å². The average molecular weight is 252 g/mol. The molecule has 2 aromatic carbocycles. The summed E-state index contributed by atoms with van der Waals surface area (Å²) in [4.78, 5) is 22.3. The second kappa shape index (κ2) is 5.10. The minimum atomic E-state index is -0.666. The summed E-state index contributed by atoms with van der Waals surface area (Å²) in [6.07, 6.45) is 0. The first kappa shape index (κ1) is 12.5. The molecule has 2 rings (SSSR count). The lowest BCUT2D eigenvalue weighted by Crippen LogP contribution is -2.03. The van der Waals surface area contributed by atoms with Gasteiger partial charge in [-0.15, -0.1) is 0 Å². The van der Waals surface area contributed by atoms with Crippen LogP contribution >= 0.6 is 0 Å². The Morgan fingerprint density at radius 2 is 1.79 bits per heavy atom. The molecule has 0 atom stereocenters. The van der Waals surface area contributed by atoms with E-state index >= 15 is 0 Å². The van der Waals surface area contributed by atoms with Crippen LogP contribution in [0.2, 0.25) is 0 Å². The third kappa shape index (κ3) is 2.48. The van der Waals surface area contributed by atoms with Gasteiger partial charge in [-0.2, -0.15) is 5.26 Å². The van der Waals surface area contributed by atoms with Crippen molar-refractivity contribution in [2.24, 2.45) is 0 Å². The van der Waals surface area contributed by atoms with Gasteiger partial charge in [0.25, 0.3) is 5.69 Å². The standard InChI is InChI=1S/C14H8N2O3/c15-9-12-7-6-11(8-13(12)16(18)19)14(17)10-4-2-1-3-5-10/h1-8H. The Labute approximate surface area is 108 Å². The Morgan fingerprint density at radius 3 is 2.37 bits per heavy atom. The monoisotopic (exact) mass is 252 g/mol. The van der Waals surface area contributed by atoms with Crippen molar-refractivity contribution in [3.8, 4) is 6.07 Å². The van der Waals surface area contributed by atoms with E-state index in [1.807, 2.05) is 0 Å². The summed E-state index contributed by atoms with van der Waals surface area (Å²) < 4.78 is 0. The van der Waals surface area contributed by atoms with Crippen LogP contribution in [0.4, 0.5) is 5.69 Å². The van der Waals surface area contributed by atoms with Crippen molar-refractivity contribution in [2.45, 2.75) is 0 Å². The largest absolute Gasteiger partial charge is 0.289 e. The fraction of sp³-hybridized carbons (Fsp3) is 0. The van der Waals surface area contributed by atoms with E-state index in [1.165, 1.54) is 12.1 Å². The van der Waals surface area contributed by atoms with Crippen LogP contribution < -0.4 is 0 Å². The number of carbonyl (C=O) groups excluding carboxylic acids is 1. The van der Waals surface area contributed by atoms with E-state index in [0.717, 1.165) is 6.07 Å². The Hall–Kier alpha value is -3.00. The molecule has 0 radical (unpaired) electrons. The van der Waals surface area contributed by atoms with Crippen molar-refractivity contribution in [1.82, 2.24) is 0 Å². The molecule has 0 saturated carbocycles. The maximum atomic E-state index is 12.1. The number of benzene rings is 2. The summed E-state index contributed by atoms with van der Waals surface area (Å²) in [5, 5.41) is 19.6. The zero-order valence-corrected chi connectivity index (χ0v) is 9.74. The van der Waals surface area contributed by atoms with E-state index < -0.39 is 4.92 Å². The van der Waals surface area contributed by atoms with E-state index in [0.29, 0.717) is 5.56 Å². The summed E-state index contributed by atoms with van der Waals surface area (Å²) >= 11 is 0. The topological polar surface area (TPSA) is 84.0 Å². The SMILES string of the molecule is N#Cc1ccc(C(=O)c2ccccc2)cc1[N+](=O)[O-]. The highest BCUT2D eigenvalue weighted by Gasteiger charge is 2.17. The average Bonchev–Trinajstić information content (AvgIpc) is 2.46. The smallest absolute Gasteiger partial charge is 0.287 e. The van der Waals surface area contributed by atoms with Crippen molar-refractivity contribution in [3.63, 3.8) is 0 Å². The molecule has 5 heteroatoms. The molecule has 0 bridgehead atoms. The summed E-state index contributed by atoms with van der Waals surface area (Å²) in [5.74, 6) is -0.312. The maximum Gasteiger partial charge on any atom is 0.287 e. The van der Waals surface area contributed by atoms with E-state index in [1.54, 1.807) is 36.4 Å². The zero-order valence-electron chi connectivity index (χ0n) is 9.74. The quantitative estimate of drug-likeness (QED) is 0.477. The molecule has 0 N–H and O–H groups in total. The number of nitro groups is 1. The second-order valence-corrected chi connectivity index (χ2v) is 3.80. The van der Waals surface area contributed by atoms with E-state index in [4.69, 9.17) is 5.26 Å². The molecular formula is C14H8N2O3. The minimum absolute atomic E-state index is 0.0605. The molecule has 0 aliphatic carbocycles. The van der Waals surface area contributed by atoms with Crippen molar-refractivity contribution in [1.29, 1.82) is 5.26 Å². The summed E-state index contributed by atoms with van der Waals surface area (Å²) in [5.41, 5.74) is 0.220. The Bertz CT molecular complexity index is 688. The summed E-state index contributed by atoms with van der Waals surface area (Å²) in [6, 6.07) is 14.0. The molecule has 0 fully saturated rings. The van der Waals surface area contributed by atoms with Crippen LogP contribution in [0.15, 0.2) is 48.5 Å². The van der Waals surface area contributed by atoms with Crippen molar-refractivity contribution < 1.29 is 9.72 Å². The van der Waals surface area contributed by atoms with Crippen molar-refractivity contribution in [3.05, 3.63) is 75.3 Å². The molecule has 5 nitrogen and oxygen atoms in total. The molecule has 0 aliphatic heterocycles. The van der Waals surface area contributed by atoms with Crippen LogP contribution in [0.25, 0.3) is 0 Å². The molecular weight excluding hydrogens is 244 g/mol. The minimum Gasteiger partial charge on any atom is -0.289 e. The molecule has 0 aromatic heterocycles. The number of nitriles is 1. The van der Waals surface area contributed by atoms with Gasteiger partial charge in [0, 0.05) is 17.2 Å². The number of nitrogens with zero attached hydrogens (tertiary/aromatic N) is 2. The van der Waals surface area contributed by atoms with Gasteiger partial charge in [0.1, 0.15) is 11.6 Å². The molecule has 2 aromatic rings. The first-order chi connectivity index (χ1) is 9.13. The number of hydrogen-bond donors (Lipinski definition) is 0. The fourth-order valence-electron chi connectivity index (χ4n) is 1.67. The summed E-state index contributed by atoms with van der Waals surface area (Å²) in [7, 11) is 0. The van der Waals surface area contributed by atoms with Gasteiger partial charge in [0.2, 0.25) is 0 Å². The van der Waals surface area contributed by atoms with E-state index in [2.05, 4.69) is 0 Å². The maximum absolute atomic E-state index is 12.1. The first-order valence-corrected chi connectivity index (χ1v) is 5.42. The van der Waals surface area contributed by atoms with Crippen LogP contribution in [0.3, 0.4) is 0 Å². The number of hydrogen-bond acceptors (Lipinski definition) is 4. The van der Waals surface area contributed by atoms with Gasteiger partial charge in [-0.25, -0.2) is 0 Å². The molecule has 92 valence electrons. The predicted molar refractivity (Wildman–Crippen MR) is 67.7 cm³/mol. The van der Waals surface area contributed by atoms with Crippen LogP contribution in [-0.4, -0.2) is 10.7 Å². The van der Waals surface area contributed by atoms with Gasteiger partial charge in [-0.1, -0.05) is 30.3 Å². The molecule has 0 heterocycles. The van der Waals surface area contributed by atoms with Crippen molar-refractivity contribution >= 4 is 11.5 Å². The lowest BCUT2D eigenvalue weighted by Gasteiger charge is -2.02. The number of rotatable bonds is 3.